The number of benzene rings is 1. The maximum absolute atomic E-state index is 6.01. The standard InChI is InChI=1S/C15H24N2O/c1-12-5-3-4-6-14(12)15(11-16)17(2)13-7-9-18-10-8-13/h3-6,13,15H,7-11,16H2,1-2H3. The molecule has 0 radical (unpaired) electrons. The lowest BCUT2D eigenvalue weighted by atomic mass is 9.97. The summed E-state index contributed by atoms with van der Waals surface area (Å²) in [5.41, 5.74) is 8.69. The summed E-state index contributed by atoms with van der Waals surface area (Å²) in [5.74, 6) is 0. The Hall–Kier alpha value is -0.900. The first-order valence-corrected chi connectivity index (χ1v) is 6.79. The summed E-state index contributed by atoms with van der Waals surface area (Å²) in [4.78, 5) is 2.44. The second-order valence-electron chi connectivity index (χ2n) is 5.12. The molecule has 3 nitrogen and oxygen atoms in total. The molecule has 1 aliphatic heterocycles. The van der Waals surface area contributed by atoms with Crippen LogP contribution in [0.3, 0.4) is 0 Å². The molecule has 1 unspecified atom stereocenters. The number of aryl methyl sites for hydroxylation is 1. The van der Waals surface area contributed by atoms with Crippen molar-refractivity contribution in [3.05, 3.63) is 35.4 Å². The summed E-state index contributed by atoms with van der Waals surface area (Å²) >= 11 is 0. The van der Waals surface area contributed by atoms with Gasteiger partial charge in [-0.1, -0.05) is 24.3 Å². The molecule has 0 aliphatic carbocycles. The molecule has 1 aliphatic rings. The first-order chi connectivity index (χ1) is 8.74. The van der Waals surface area contributed by atoms with Crippen molar-refractivity contribution in [2.24, 2.45) is 5.73 Å². The van der Waals surface area contributed by atoms with Crippen LogP contribution in [0.2, 0.25) is 0 Å². The van der Waals surface area contributed by atoms with Crippen molar-refractivity contribution >= 4 is 0 Å². The second-order valence-corrected chi connectivity index (χ2v) is 5.12. The number of likely N-dealkylation sites (N-methyl/N-ethyl adjacent to an activating group) is 1. The molecule has 1 fully saturated rings. The summed E-state index contributed by atoms with van der Waals surface area (Å²) in [6.45, 7) is 4.58. The largest absolute Gasteiger partial charge is 0.381 e. The highest BCUT2D eigenvalue weighted by molar-refractivity contribution is 5.29. The third kappa shape index (κ3) is 2.91. The highest BCUT2D eigenvalue weighted by Crippen LogP contribution is 2.26. The van der Waals surface area contributed by atoms with Crippen LogP contribution >= 0.6 is 0 Å². The molecule has 1 aromatic rings. The Morgan fingerprint density at radius 1 is 1.33 bits per heavy atom. The maximum atomic E-state index is 6.01. The quantitative estimate of drug-likeness (QED) is 0.887. The minimum Gasteiger partial charge on any atom is -0.381 e. The molecule has 0 saturated carbocycles. The van der Waals surface area contributed by atoms with E-state index in [0.29, 0.717) is 18.6 Å². The molecule has 1 aromatic carbocycles. The van der Waals surface area contributed by atoms with Crippen molar-refractivity contribution in [1.82, 2.24) is 4.90 Å². The molecule has 1 saturated heterocycles. The van der Waals surface area contributed by atoms with Crippen LogP contribution in [0, 0.1) is 6.92 Å². The number of hydrogen-bond acceptors (Lipinski definition) is 3. The predicted octanol–water partition coefficient (Wildman–Crippen LogP) is 2.11. The van der Waals surface area contributed by atoms with Gasteiger partial charge in [-0.25, -0.2) is 0 Å². The maximum Gasteiger partial charge on any atom is 0.0480 e. The van der Waals surface area contributed by atoms with Crippen LogP contribution in [-0.2, 0) is 4.74 Å². The Morgan fingerprint density at radius 2 is 2.00 bits per heavy atom. The van der Waals surface area contributed by atoms with E-state index in [-0.39, 0.29) is 0 Å². The molecule has 0 amide bonds. The normalized spacial score (nSPS) is 19.1. The Kier molecular flexibility index (Phi) is 4.75. The van der Waals surface area contributed by atoms with E-state index in [1.54, 1.807) is 0 Å². The van der Waals surface area contributed by atoms with Gasteiger partial charge >= 0.3 is 0 Å². The van der Waals surface area contributed by atoms with E-state index in [1.165, 1.54) is 11.1 Å². The van der Waals surface area contributed by atoms with Gasteiger partial charge in [0.25, 0.3) is 0 Å². The van der Waals surface area contributed by atoms with Crippen molar-refractivity contribution in [2.75, 3.05) is 26.8 Å². The number of nitrogens with zero attached hydrogens (tertiary/aromatic N) is 1. The van der Waals surface area contributed by atoms with E-state index >= 15 is 0 Å². The lowest BCUT2D eigenvalue weighted by Crippen LogP contribution is -2.41. The topological polar surface area (TPSA) is 38.5 Å². The third-order valence-corrected chi connectivity index (χ3v) is 4.03. The number of ether oxygens (including phenoxy) is 1. The van der Waals surface area contributed by atoms with E-state index < -0.39 is 0 Å². The van der Waals surface area contributed by atoms with Crippen molar-refractivity contribution in [3.63, 3.8) is 0 Å². The third-order valence-electron chi connectivity index (χ3n) is 4.03. The molecule has 0 aromatic heterocycles. The average molecular weight is 248 g/mol. The first kappa shape index (κ1) is 13.5. The molecule has 100 valence electrons. The smallest absolute Gasteiger partial charge is 0.0480 e. The molecule has 3 heteroatoms. The van der Waals surface area contributed by atoms with Crippen molar-refractivity contribution in [3.8, 4) is 0 Å². The molecule has 2 N–H and O–H groups in total. The van der Waals surface area contributed by atoms with Crippen LogP contribution in [0.15, 0.2) is 24.3 Å². The Labute approximate surface area is 110 Å². The van der Waals surface area contributed by atoms with Gasteiger partial charge in [-0.05, 0) is 37.9 Å². The first-order valence-electron chi connectivity index (χ1n) is 6.79. The Morgan fingerprint density at radius 3 is 2.61 bits per heavy atom. The van der Waals surface area contributed by atoms with Gasteiger partial charge in [0, 0.05) is 31.8 Å². The van der Waals surface area contributed by atoms with E-state index in [1.807, 2.05) is 0 Å². The van der Waals surface area contributed by atoms with Crippen molar-refractivity contribution in [2.45, 2.75) is 31.8 Å². The van der Waals surface area contributed by atoms with Crippen LogP contribution in [0.25, 0.3) is 0 Å². The summed E-state index contributed by atoms with van der Waals surface area (Å²) in [5, 5.41) is 0. The SMILES string of the molecule is Cc1ccccc1C(CN)N(C)C1CCOCC1. The zero-order valence-electron chi connectivity index (χ0n) is 11.4. The number of rotatable bonds is 4. The summed E-state index contributed by atoms with van der Waals surface area (Å²) < 4.78 is 5.43. The van der Waals surface area contributed by atoms with Gasteiger partial charge in [0.15, 0.2) is 0 Å². The van der Waals surface area contributed by atoms with Gasteiger partial charge in [-0.3, -0.25) is 4.90 Å². The molecular formula is C15H24N2O. The van der Waals surface area contributed by atoms with Gasteiger partial charge in [0.2, 0.25) is 0 Å². The van der Waals surface area contributed by atoms with Crippen LogP contribution < -0.4 is 5.73 Å². The molecule has 1 heterocycles. The molecule has 1 atom stereocenters. The van der Waals surface area contributed by atoms with Crippen molar-refractivity contribution < 1.29 is 4.74 Å². The zero-order chi connectivity index (χ0) is 13.0. The fraction of sp³-hybridized carbons (Fsp3) is 0.600. The van der Waals surface area contributed by atoms with Gasteiger partial charge in [-0.15, -0.1) is 0 Å². The van der Waals surface area contributed by atoms with Crippen LogP contribution in [-0.4, -0.2) is 37.7 Å². The minimum absolute atomic E-state index is 0.314. The lowest BCUT2D eigenvalue weighted by molar-refractivity contribution is 0.0293. The van der Waals surface area contributed by atoms with Gasteiger partial charge in [0.1, 0.15) is 0 Å². The van der Waals surface area contributed by atoms with Gasteiger partial charge < -0.3 is 10.5 Å². The monoisotopic (exact) mass is 248 g/mol. The highest BCUT2D eigenvalue weighted by atomic mass is 16.5. The molecule has 0 bridgehead atoms. The van der Waals surface area contributed by atoms with E-state index in [2.05, 4.69) is 43.1 Å². The predicted molar refractivity (Wildman–Crippen MR) is 74.6 cm³/mol. The van der Waals surface area contributed by atoms with E-state index in [9.17, 15) is 0 Å². The fourth-order valence-corrected chi connectivity index (χ4v) is 2.82. The zero-order valence-corrected chi connectivity index (χ0v) is 11.4. The van der Waals surface area contributed by atoms with Crippen LogP contribution in [0.4, 0.5) is 0 Å². The summed E-state index contributed by atoms with van der Waals surface area (Å²) in [6.07, 6.45) is 2.22. The molecule has 0 spiro atoms. The summed E-state index contributed by atoms with van der Waals surface area (Å²) in [7, 11) is 2.19. The summed E-state index contributed by atoms with van der Waals surface area (Å²) in [6, 6.07) is 9.45. The average Bonchev–Trinajstić information content (AvgIpc) is 2.42. The Bertz CT molecular complexity index is 375. The van der Waals surface area contributed by atoms with Crippen LogP contribution in [0.1, 0.15) is 30.0 Å². The Balaban J connectivity index is 2.14. The minimum atomic E-state index is 0.314. The fourth-order valence-electron chi connectivity index (χ4n) is 2.82. The van der Waals surface area contributed by atoms with Crippen molar-refractivity contribution in [1.29, 1.82) is 0 Å². The number of hydrogen-bond donors (Lipinski definition) is 1. The second kappa shape index (κ2) is 6.32. The van der Waals surface area contributed by atoms with E-state index in [4.69, 9.17) is 10.5 Å². The molecule has 18 heavy (non-hydrogen) atoms. The highest BCUT2D eigenvalue weighted by Gasteiger charge is 2.25. The van der Waals surface area contributed by atoms with Gasteiger partial charge in [-0.2, -0.15) is 0 Å². The van der Waals surface area contributed by atoms with Gasteiger partial charge in [0.05, 0.1) is 0 Å². The number of nitrogens with two attached hydrogens (primary N) is 1. The molecule has 2 rings (SSSR count). The van der Waals surface area contributed by atoms with E-state index in [0.717, 1.165) is 26.1 Å². The lowest BCUT2D eigenvalue weighted by Gasteiger charge is -2.37. The van der Waals surface area contributed by atoms with Crippen LogP contribution in [0.5, 0.6) is 0 Å². The molecular weight excluding hydrogens is 224 g/mol.